The minimum atomic E-state index is -0.977. The third-order valence-corrected chi connectivity index (χ3v) is 3.80. The van der Waals surface area contributed by atoms with Gasteiger partial charge in [0.25, 0.3) is 0 Å². The van der Waals surface area contributed by atoms with E-state index in [-0.39, 0.29) is 12.3 Å². The molecule has 17 heavy (non-hydrogen) atoms. The first-order chi connectivity index (χ1) is 7.88. The van der Waals surface area contributed by atoms with Gasteiger partial charge in [0.2, 0.25) is 5.91 Å². The smallest absolute Gasteiger partial charge is 0.310 e. The minimum absolute atomic E-state index is 0.0221. The number of carboxylic acid groups (broad SMARTS) is 1. The highest BCUT2D eigenvalue weighted by Gasteiger charge is 2.36. The third-order valence-electron chi connectivity index (χ3n) is 3.02. The van der Waals surface area contributed by atoms with E-state index in [9.17, 15) is 13.8 Å². The molecule has 0 radical (unpaired) electrons. The van der Waals surface area contributed by atoms with Gasteiger partial charge in [-0.3, -0.25) is 13.8 Å². The molecule has 6 heteroatoms. The molecule has 0 aliphatic carbocycles. The van der Waals surface area contributed by atoms with Crippen LogP contribution in [0, 0.1) is 5.41 Å². The molecule has 0 aliphatic heterocycles. The summed E-state index contributed by atoms with van der Waals surface area (Å²) in [6, 6.07) is 0. The molecular formula is C11H21NO4S. The van der Waals surface area contributed by atoms with E-state index in [0.29, 0.717) is 25.1 Å². The summed E-state index contributed by atoms with van der Waals surface area (Å²) >= 11 is 0. The van der Waals surface area contributed by atoms with Crippen LogP contribution in [0.4, 0.5) is 0 Å². The van der Waals surface area contributed by atoms with Crippen LogP contribution in [0.1, 0.15) is 33.1 Å². The van der Waals surface area contributed by atoms with E-state index in [1.54, 1.807) is 20.1 Å². The maximum atomic E-state index is 11.6. The van der Waals surface area contributed by atoms with E-state index in [0.717, 1.165) is 0 Å². The Balaban J connectivity index is 4.32. The monoisotopic (exact) mass is 263 g/mol. The molecule has 0 aromatic heterocycles. The maximum absolute atomic E-state index is 11.6. The summed E-state index contributed by atoms with van der Waals surface area (Å²) in [6.07, 6.45) is 2.38. The summed E-state index contributed by atoms with van der Waals surface area (Å²) in [5, 5.41) is 11.8. The van der Waals surface area contributed by atoms with Crippen molar-refractivity contribution in [2.24, 2.45) is 5.41 Å². The zero-order chi connectivity index (χ0) is 13.5. The quantitative estimate of drug-likeness (QED) is 0.677. The maximum Gasteiger partial charge on any atom is 0.310 e. The van der Waals surface area contributed by atoms with Crippen LogP contribution >= 0.6 is 0 Å². The van der Waals surface area contributed by atoms with Gasteiger partial charge in [-0.05, 0) is 12.8 Å². The van der Waals surface area contributed by atoms with E-state index >= 15 is 0 Å². The van der Waals surface area contributed by atoms with Crippen molar-refractivity contribution in [1.82, 2.24) is 5.32 Å². The fourth-order valence-corrected chi connectivity index (χ4v) is 1.97. The van der Waals surface area contributed by atoms with Crippen LogP contribution in [0.15, 0.2) is 0 Å². The molecule has 5 nitrogen and oxygen atoms in total. The summed E-state index contributed by atoms with van der Waals surface area (Å²) in [4.78, 5) is 22.8. The molecule has 0 aromatic carbocycles. The largest absolute Gasteiger partial charge is 0.481 e. The lowest BCUT2D eigenvalue weighted by molar-refractivity contribution is -0.152. The molecule has 100 valence electrons. The fraction of sp³-hybridized carbons (Fsp3) is 0.818. The highest BCUT2D eigenvalue weighted by Crippen LogP contribution is 2.30. The zero-order valence-electron chi connectivity index (χ0n) is 10.6. The van der Waals surface area contributed by atoms with E-state index in [2.05, 4.69) is 5.32 Å². The Hall–Kier alpha value is -0.910. The molecule has 0 rings (SSSR count). The summed E-state index contributed by atoms with van der Waals surface area (Å²) in [5.74, 6) is -0.831. The van der Waals surface area contributed by atoms with E-state index in [4.69, 9.17) is 5.11 Å². The van der Waals surface area contributed by atoms with Gasteiger partial charge in [-0.1, -0.05) is 13.8 Å². The normalized spacial score (nSPS) is 13.1. The standard InChI is InChI=1S/C11H21NO4S/c1-4-11(5-2,10(14)15)8-9(13)12-6-7-17(3)16/h4-8H2,1-3H3,(H,12,13)(H,14,15). The molecule has 0 spiro atoms. The second-order valence-corrected chi connectivity index (χ2v) is 5.65. The summed E-state index contributed by atoms with van der Waals surface area (Å²) in [5.41, 5.74) is -0.977. The second kappa shape index (κ2) is 7.42. The second-order valence-electron chi connectivity index (χ2n) is 4.10. The first-order valence-electron chi connectivity index (χ1n) is 5.68. The Bertz CT molecular complexity index is 300. The Labute approximate surface area is 104 Å². The lowest BCUT2D eigenvalue weighted by Crippen LogP contribution is -2.37. The third kappa shape index (κ3) is 5.30. The minimum Gasteiger partial charge on any atom is -0.481 e. The Morgan fingerprint density at radius 3 is 2.18 bits per heavy atom. The number of aliphatic carboxylic acids is 1. The predicted octanol–water partition coefficient (Wildman–Crippen LogP) is 0.762. The van der Waals surface area contributed by atoms with E-state index in [1.165, 1.54) is 0 Å². The topological polar surface area (TPSA) is 83.5 Å². The van der Waals surface area contributed by atoms with Gasteiger partial charge in [-0.2, -0.15) is 0 Å². The van der Waals surface area contributed by atoms with Crippen molar-refractivity contribution in [1.29, 1.82) is 0 Å². The molecule has 1 amide bonds. The number of hydrogen-bond donors (Lipinski definition) is 2. The van der Waals surface area contributed by atoms with Crippen molar-refractivity contribution in [2.45, 2.75) is 33.1 Å². The van der Waals surface area contributed by atoms with Gasteiger partial charge in [-0.25, -0.2) is 0 Å². The molecule has 0 saturated carbocycles. The van der Waals surface area contributed by atoms with Crippen LogP contribution in [0.25, 0.3) is 0 Å². The molecule has 2 N–H and O–H groups in total. The van der Waals surface area contributed by atoms with Crippen molar-refractivity contribution < 1.29 is 18.9 Å². The number of rotatable bonds is 8. The summed E-state index contributed by atoms with van der Waals surface area (Å²) in [6.45, 7) is 3.86. The summed E-state index contributed by atoms with van der Waals surface area (Å²) < 4.78 is 10.8. The van der Waals surface area contributed by atoms with Crippen LogP contribution in [0.2, 0.25) is 0 Å². The van der Waals surface area contributed by atoms with E-state index < -0.39 is 22.2 Å². The molecule has 0 bridgehead atoms. The molecule has 0 saturated heterocycles. The molecule has 0 aliphatic rings. The lowest BCUT2D eigenvalue weighted by atomic mass is 9.79. The van der Waals surface area contributed by atoms with Crippen molar-refractivity contribution in [3.63, 3.8) is 0 Å². The van der Waals surface area contributed by atoms with E-state index in [1.807, 2.05) is 0 Å². The average molecular weight is 263 g/mol. The van der Waals surface area contributed by atoms with Crippen molar-refractivity contribution in [3.05, 3.63) is 0 Å². The predicted molar refractivity (Wildman–Crippen MR) is 67.2 cm³/mol. The van der Waals surface area contributed by atoms with Gasteiger partial charge < -0.3 is 10.4 Å². The number of nitrogens with one attached hydrogen (secondary N) is 1. The van der Waals surface area contributed by atoms with Gasteiger partial charge in [0.15, 0.2) is 0 Å². The van der Waals surface area contributed by atoms with Gasteiger partial charge in [0, 0.05) is 35.8 Å². The highest BCUT2D eigenvalue weighted by molar-refractivity contribution is 7.84. The lowest BCUT2D eigenvalue weighted by Gasteiger charge is -2.25. The molecule has 0 heterocycles. The van der Waals surface area contributed by atoms with Gasteiger partial charge in [0.05, 0.1) is 5.41 Å². The van der Waals surface area contributed by atoms with Crippen LogP contribution in [-0.4, -0.2) is 39.7 Å². The molecular weight excluding hydrogens is 242 g/mol. The fourth-order valence-electron chi connectivity index (χ4n) is 1.58. The first-order valence-corrected chi connectivity index (χ1v) is 7.40. The van der Waals surface area contributed by atoms with Crippen LogP contribution in [-0.2, 0) is 20.4 Å². The SMILES string of the molecule is CCC(CC)(CC(=O)NCCS(C)=O)C(=O)O. The molecule has 1 atom stereocenters. The number of carbonyl (C=O) groups is 2. The molecule has 0 aromatic rings. The van der Waals surface area contributed by atoms with Crippen molar-refractivity contribution in [2.75, 3.05) is 18.6 Å². The summed E-state index contributed by atoms with van der Waals surface area (Å²) in [7, 11) is -0.949. The van der Waals surface area contributed by atoms with Crippen molar-refractivity contribution >= 4 is 22.7 Å². The van der Waals surface area contributed by atoms with Crippen molar-refractivity contribution in [3.8, 4) is 0 Å². The Morgan fingerprint density at radius 1 is 1.29 bits per heavy atom. The Kier molecular flexibility index (Phi) is 7.03. The number of amides is 1. The Morgan fingerprint density at radius 2 is 1.82 bits per heavy atom. The first kappa shape index (κ1) is 16.1. The van der Waals surface area contributed by atoms with Crippen LogP contribution in [0.3, 0.4) is 0 Å². The van der Waals surface area contributed by atoms with Crippen LogP contribution in [0.5, 0.6) is 0 Å². The number of carboxylic acids is 1. The van der Waals surface area contributed by atoms with Gasteiger partial charge >= 0.3 is 5.97 Å². The van der Waals surface area contributed by atoms with Crippen LogP contribution < -0.4 is 5.32 Å². The molecule has 1 unspecified atom stereocenters. The number of hydrogen-bond acceptors (Lipinski definition) is 3. The average Bonchev–Trinajstić information content (AvgIpc) is 2.25. The molecule has 0 fully saturated rings. The highest BCUT2D eigenvalue weighted by atomic mass is 32.2. The number of carbonyl (C=O) groups excluding carboxylic acids is 1. The van der Waals surface area contributed by atoms with Gasteiger partial charge in [-0.15, -0.1) is 0 Å². The van der Waals surface area contributed by atoms with Gasteiger partial charge in [0.1, 0.15) is 0 Å². The zero-order valence-corrected chi connectivity index (χ0v) is 11.4.